The molecule has 0 spiro atoms. The van der Waals surface area contributed by atoms with Crippen molar-refractivity contribution in [2.24, 2.45) is 5.41 Å². The summed E-state index contributed by atoms with van der Waals surface area (Å²) in [5.74, 6) is -0.0368. The van der Waals surface area contributed by atoms with Crippen molar-refractivity contribution >= 4 is 11.6 Å². The lowest BCUT2D eigenvalue weighted by molar-refractivity contribution is -0.137. The van der Waals surface area contributed by atoms with Crippen molar-refractivity contribution in [3.63, 3.8) is 0 Å². The van der Waals surface area contributed by atoms with E-state index < -0.39 is 11.5 Å². The fourth-order valence-corrected chi connectivity index (χ4v) is 5.01. The van der Waals surface area contributed by atoms with Crippen LogP contribution >= 0.6 is 0 Å². The normalized spacial score (nSPS) is 16.9. The van der Waals surface area contributed by atoms with Crippen LogP contribution in [0.5, 0.6) is 0 Å². The molecule has 0 fully saturated rings. The molecule has 0 saturated carbocycles. The Morgan fingerprint density at radius 1 is 0.636 bits per heavy atom. The van der Waals surface area contributed by atoms with Gasteiger partial charge in [0.25, 0.3) is 0 Å². The Bertz CT molecular complexity index is 1180. The maximum absolute atomic E-state index is 14.4. The van der Waals surface area contributed by atoms with E-state index in [0.717, 1.165) is 27.9 Å². The number of para-hydroxylation sites is 1. The molecular formula is C30H27NO2. The van der Waals surface area contributed by atoms with Gasteiger partial charge in [0.2, 0.25) is 5.91 Å². The molecular weight excluding hydrogens is 406 g/mol. The van der Waals surface area contributed by atoms with Crippen molar-refractivity contribution in [1.29, 1.82) is 0 Å². The van der Waals surface area contributed by atoms with Gasteiger partial charge in [-0.05, 0) is 35.6 Å². The van der Waals surface area contributed by atoms with Gasteiger partial charge >= 0.3 is 0 Å². The number of amides is 1. The van der Waals surface area contributed by atoms with E-state index in [4.69, 9.17) is 0 Å². The molecule has 1 amide bonds. The van der Waals surface area contributed by atoms with Gasteiger partial charge in [-0.15, -0.1) is 0 Å². The number of fused-ring (bicyclic) bond motifs is 1. The summed E-state index contributed by atoms with van der Waals surface area (Å²) in [6.07, 6.45) is 0.0127. The number of anilines is 1. The van der Waals surface area contributed by atoms with Crippen molar-refractivity contribution in [2.45, 2.75) is 25.5 Å². The van der Waals surface area contributed by atoms with Crippen molar-refractivity contribution in [2.75, 3.05) is 4.90 Å². The zero-order chi connectivity index (χ0) is 22.7. The highest BCUT2D eigenvalue weighted by molar-refractivity contribution is 6.01. The molecule has 0 radical (unpaired) electrons. The quantitative estimate of drug-likeness (QED) is 0.421. The Labute approximate surface area is 195 Å². The lowest BCUT2D eigenvalue weighted by Crippen LogP contribution is -2.53. The predicted octanol–water partition coefficient (Wildman–Crippen LogP) is 5.74. The van der Waals surface area contributed by atoms with E-state index in [2.05, 4.69) is 0 Å². The molecule has 4 aromatic carbocycles. The fraction of sp³-hybridized carbons (Fsp3) is 0.167. The first-order valence-corrected chi connectivity index (χ1v) is 11.4. The number of nitrogens with zero attached hydrogens (tertiary/aromatic N) is 1. The van der Waals surface area contributed by atoms with Gasteiger partial charge in [0.05, 0.1) is 18.1 Å². The fourth-order valence-electron chi connectivity index (χ4n) is 5.01. The van der Waals surface area contributed by atoms with E-state index in [-0.39, 0.29) is 5.91 Å². The predicted molar refractivity (Wildman–Crippen MR) is 132 cm³/mol. The molecule has 1 N–H and O–H groups in total. The van der Waals surface area contributed by atoms with Crippen molar-refractivity contribution in [1.82, 2.24) is 0 Å². The Morgan fingerprint density at radius 3 is 1.64 bits per heavy atom. The highest BCUT2D eigenvalue weighted by Gasteiger charge is 2.52. The monoisotopic (exact) mass is 433 g/mol. The standard InChI is InChI=1S/C30H27NO2/c32-28-26-18-10-11-19-27(26)31(22-25-16-8-3-9-17-25)29(33)30(28,20-23-12-4-1-5-13-23)21-24-14-6-2-7-15-24/h1-19,28,32H,20-22H2. The lowest BCUT2D eigenvalue weighted by atomic mass is 9.67. The van der Waals surface area contributed by atoms with Gasteiger partial charge in [0.15, 0.2) is 0 Å². The molecule has 1 atom stereocenters. The summed E-state index contributed by atoms with van der Waals surface area (Å²) in [6, 6.07) is 37.8. The maximum atomic E-state index is 14.4. The summed E-state index contributed by atoms with van der Waals surface area (Å²) in [5, 5.41) is 11.8. The molecule has 1 heterocycles. The lowest BCUT2D eigenvalue weighted by Gasteiger charge is -2.46. The highest BCUT2D eigenvalue weighted by Crippen LogP contribution is 2.49. The van der Waals surface area contributed by atoms with Crippen LogP contribution in [-0.2, 0) is 24.2 Å². The molecule has 33 heavy (non-hydrogen) atoms. The summed E-state index contributed by atoms with van der Waals surface area (Å²) in [5.41, 5.74) is 3.73. The minimum Gasteiger partial charge on any atom is -0.387 e. The van der Waals surface area contributed by atoms with Crippen LogP contribution in [0.1, 0.15) is 28.4 Å². The number of carbonyl (C=O) groups excluding carboxylic acids is 1. The second-order valence-electron chi connectivity index (χ2n) is 8.82. The Kier molecular flexibility index (Phi) is 5.80. The Balaban J connectivity index is 1.65. The van der Waals surface area contributed by atoms with Crippen LogP contribution in [0.2, 0.25) is 0 Å². The number of aliphatic hydroxyl groups is 1. The Morgan fingerprint density at radius 2 is 1.09 bits per heavy atom. The van der Waals surface area contributed by atoms with E-state index >= 15 is 0 Å². The van der Waals surface area contributed by atoms with Crippen LogP contribution < -0.4 is 4.90 Å². The van der Waals surface area contributed by atoms with E-state index in [1.165, 1.54) is 0 Å². The first-order chi connectivity index (χ1) is 16.2. The minimum absolute atomic E-state index is 0.0368. The van der Waals surface area contributed by atoms with Crippen molar-refractivity contribution < 1.29 is 9.90 Å². The van der Waals surface area contributed by atoms with Gasteiger partial charge in [-0.2, -0.15) is 0 Å². The van der Waals surface area contributed by atoms with E-state index in [1.807, 2.05) is 120 Å². The zero-order valence-electron chi connectivity index (χ0n) is 18.5. The molecule has 1 aliphatic rings. The SMILES string of the molecule is O=C1N(Cc2ccccc2)c2ccccc2C(O)C1(Cc1ccccc1)Cc1ccccc1. The smallest absolute Gasteiger partial charge is 0.237 e. The third-order valence-corrected chi connectivity index (χ3v) is 6.62. The number of benzene rings is 4. The molecule has 0 saturated heterocycles. The van der Waals surface area contributed by atoms with Crippen LogP contribution in [0.25, 0.3) is 0 Å². The van der Waals surface area contributed by atoms with Gasteiger partial charge in [0.1, 0.15) is 0 Å². The second-order valence-corrected chi connectivity index (χ2v) is 8.82. The number of aliphatic hydroxyl groups excluding tert-OH is 1. The first-order valence-electron chi connectivity index (χ1n) is 11.4. The molecule has 0 aliphatic carbocycles. The number of hydrogen-bond donors (Lipinski definition) is 1. The van der Waals surface area contributed by atoms with Crippen molar-refractivity contribution in [3.8, 4) is 0 Å². The maximum Gasteiger partial charge on any atom is 0.237 e. The van der Waals surface area contributed by atoms with E-state index in [0.29, 0.717) is 19.4 Å². The van der Waals surface area contributed by atoms with E-state index in [1.54, 1.807) is 0 Å². The second kappa shape index (κ2) is 9.05. The van der Waals surface area contributed by atoms with E-state index in [9.17, 15) is 9.90 Å². The summed E-state index contributed by atoms with van der Waals surface area (Å²) in [7, 11) is 0. The Hall–Kier alpha value is -3.69. The topological polar surface area (TPSA) is 40.5 Å². The third-order valence-electron chi connectivity index (χ3n) is 6.62. The molecule has 3 nitrogen and oxygen atoms in total. The first kappa shape index (κ1) is 21.2. The summed E-state index contributed by atoms with van der Waals surface area (Å²) in [4.78, 5) is 16.3. The van der Waals surface area contributed by atoms with Gasteiger partial charge < -0.3 is 10.0 Å². The molecule has 5 rings (SSSR count). The molecule has 1 aliphatic heterocycles. The summed E-state index contributed by atoms with van der Waals surface area (Å²) >= 11 is 0. The van der Waals surface area contributed by atoms with Gasteiger partial charge in [-0.3, -0.25) is 4.79 Å². The average Bonchev–Trinajstić information content (AvgIpc) is 2.87. The summed E-state index contributed by atoms with van der Waals surface area (Å²) < 4.78 is 0. The number of carbonyl (C=O) groups is 1. The molecule has 4 aromatic rings. The number of hydrogen-bond acceptors (Lipinski definition) is 2. The zero-order valence-corrected chi connectivity index (χ0v) is 18.5. The molecule has 0 bridgehead atoms. The van der Waals surface area contributed by atoms with Gasteiger partial charge in [0, 0.05) is 11.3 Å². The third kappa shape index (κ3) is 4.08. The van der Waals surface area contributed by atoms with Crippen LogP contribution in [0.4, 0.5) is 5.69 Å². The van der Waals surface area contributed by atoms with Crippen LogP contribution in [0, 0.1) is 5.41 Å². The van der Waals surface area contributed by atoms with Crippen molar-refractivity contribution in [3.05, 3.63) is 138 Å². The highest BCUT2D eigenvalue weighted by atomic mass is 16.3. The number of rotatable bonds is 6. The van der Waals surface area contributed by atoms with Gasteiger partial charge in [-0.25, -0.2) is 0 Å². The van der Waals surface area contributed by atoms with Crippen LogP contribution in [0.15, 0.2) is 115 Å². The average molecular weight is 434 g/mol. The van der Waals surface area contributed by atoms with Crippen LogP contribution in [0.3, 0.4) is 0 Å². The molecule has 1 unspecified atom stereocenters. The summed E-state index contributed by atoms with van der Waals surface area (Å²) in [6.45, 7) is 0.467. The largest absolute Gasteiger partial charge is 0.387 e. The molecule has 3 heteroatoms. The van der Waals surface area contributed by atoms with Gasteiger partial charge in [-0.1, -0.05) is 109 Å². The molecule has 164 valence electrons. The molecule has 0 aromatic heterocycles. The minimum atomic E-state index is -1.01. The van der Waals surface area contributed by atoms with Crippen LogP contribution in [-0.4, -0.2) is 11.0 Å².